The fraction of sp³-hybridized carbons (Fsp3) is 0.0588. The van der Waals surface area contributed by atoms with Crippen molar-refractivity contribution in [1.29, 1.82) is 0 Å². The van der Waals surface area contributed by atoms with Gasteiger partial charge in [0.15, 0.2) is 4.32 Å². The third-order valence-corrected chi connectivity index (χ3v) is 5.15. The lowest BCUT2D eigenvalue weighted by Gasteiger charge is -2.16. The molecule has 136 valence electrons. The maximum Gasteiger partial charge on any atom is 0.276 e. The van der Waals surface area contributed by atoms with Gasteiger partial charge in [0.05, 0.1) is 26.0 Å². The van der Waals surface area contributed by atoms with Crippen molar-refractivity contribution >= 4 is 57.3 Å². The van der Waals surface area contributed by atoms with Gasteiger partial charge in [0.1, 0.15) is 0 Å². The molecule has 0 saturated carbocycles. The Balaban J connectivity index is 1.99. The van der Waals surface area contributed by atoms with Crippen LogP contribution < -0.4 is 4.90 Å². The summed E-state index contributed by atoms with van der Waals surface area (Å²) in [7, 11) is 0. The van der Waals surface area contributed by atoms with Crippen LogP contribution in [0.1, 0.15) is 11.1 Å². The van der Waals surface area contributed by atoms with Crippen molar-refractivity contribution in [1.82, 2.24) is 0 Å². The van der Waals surface area contributed by atoms with Crippen LogP contribution in [0, 0.1) is 27.2 Å². The molecular weight excluding hydrogens is 390 g/mol. The van der Waals surface area contributed by atoms with Crippen LogP contribution in [0.15, 0.2) is 47.4 Å². The minimum atomic E-state index is -0.521. The number of rotatable bonds is 4. The smallest absolute Gasteiger partial charge is 0.268 e. The molecule has 0 N–H and O–H groups in total. The van der Waals surface area contributed by atoms with E-state index in [9.17, 15) is 25.0 Å². The van der Waals surface area contributed by atoms with E-state index in [2.05, 4.69) is 0 Å². The van der Waals surface area contributed by atoms with E-state index in [1.54, 1.807) is 25.1 Å². The Morgan fingerprint density at radius 3 is 2.44 bits per heavy atom. The average molecular weight is 401 g/mol. The summed E-state index contributed by atoms with van der Waals surface area (Å²) in [5, 5.41) is 22.0. The molecule has 27 heavy (non-hydrogen) atoms. The summed E-state index contributed by atoms with van der Waals surface area (Å²) in [5.41, 5.74) is 1.05. The first-order valence-electron chi connectivity index (χ1n) is 7.56. The molecule has 0 atom stereocenters. The molecule has 0 unspecified atom stereocenters. The summed E-state index contributed by atoms with van der Waals surface area (Å²) < 4.78 is 0.252. The van der Waals surface area contributed by atoms with Crippen molar-refractivity contribution in [2.45, 2.75) is 6.92 Å². The van der Waals surface area contributed by atoms with E-state index >= 15 is 0 Å². The molecule has 1 fully saturated rings. The number of thioether (sulfide) groups is 1. The van der Waals surface area contributed by atoms with Crippen molar-refractivity contribution in [2.75, 3.05) is 4.90 Å². The Kier molecular flexibility index (Phi) is 5.02. The number of carbonyl (C=O) groups is 1. The summed E-state index contributed by atoms with van der Waals surface area (Å²) >= 11 is 6.30. The zero-order valence-electron chi connectivity index (χ0n) is 13.8. The summed E-state index contributed by atoms with van der Waals surface area (Å²) in [6.45, 7) is 1.65. The summed E-state index contributed by atoms with van der Waals surface area (Å²) in [6.07, 6.45) is 1.43. The summed E-state index contributed by atoms with van der Waals surface area (Å²) in [5.74, 6) is -0.430. The largest absolute Gasteiger partial charge is 0.276 e. The van der Waals surface area contributed by atoms with Crippen LogP contribution >= 0.6 is 24.0 Å². The molecule has 0 aromatic heterocycles. The van der Waals surface area contributed by atoms with Gasteiger partial charge in [-0.3, -0.25) is 29.9 Å². The third kappa shape index (κ3) is 3.57. The van der Waals surface area contributed by atoms with Gasteiger partial charge >= 0.3 is 0 Å². The topological polar surface area (TPSA) is 107 Å². The van der Waals surface area contributed by atoms with E-state index in [4.69, 9.17) is 12.2 Å². The van der Waals surface area contributed by atoms with Crippen LogP contribution in [0.2, 0.25) is 0 Å². The van der Waals surface area contributed by atoms with Crippen molar-refractivity contribution in [3.05, 3.63) is 78.7 Å². The standard InChI is InChI=1S/C17H11N3O5S2/c1-10-8-12(19(22)23)6-7-13(10)18-16(21)15(27-17(18)26)9-11-4-2-3-5-14(11)20(24)25/h2-9H,1H3/b15-9-. The van der Waals surface area contributed by atoms with Gasteiger partial charge in [0.2, 0.25) is 0 Å². The van der Waals surface area contributed by atoms with Gasteiger partial charge in [-0.1, -0.05) is 36.1 Å². The second-order valence-electron chi connectivity index (χ2n) is 5.56. The summed E-state index contributed by atoms with van der Waals surface area (Å²) in [4.78, 5) is 35.3. The molecule has 1 amide bonds. The maximum atomic E-state index is 12.8. The number of hydrogen-bond acceptors (Lipinski definition) is 7. The molecule has 10 heteroatoms. The number of amides is 1. The van der Waals surface area contributed by atoms with Gasteiger partial charge in [-0.25, -0.2) is 0 Å². The minimum absolute atomic E-state index is 0.0860. The fourth-order valence-electron chi connectivity index (χ4n) is 2.60. The molecule has 0 aliphatic carbocycles. The number of benzene rings is 2. The maximum absolute atomic E-state index is 12.8. The minimum Gasteiger partial charge on any atom is -0.268 e. The van der Waals surface area contributed by atoms with E-state index in [0.717, 1.165) is 11.8 Å². The SMILES string of the molecule is Cc1cc([N+](=O)[O-])ccc1N1C(=O)/C(=C/c2ccccc2[N+](=O)[O-])SC1=S. The van der Waals surface area contributed by atoms with Crippen LogP contribution in [0.5, 0.6) is 0 Å². The monoisotopic (exact) mass is 401 g/mol. The molecule has 1 heterocycles. The summed E-state index contributed by atoms with van der Waals surface area (Å²) in [6, 6.07) is 10.2. The lowest BCUT2D eigenvalue weighted by atomic mass is 10.1. The zero-order chi connectivity index (χ0) is 19.7. The molecule has 1 aliphatic rings. The molecular formula is C17H11N3O5S2. The predicted molar refractivity (Wildman–Crippen MR) is 107 cm³/mol. The van der Waals surface area contributed by atoms with Gasteiger partial charge in [-0.2, -0.15) is 0 Å². The molecule has 0 spiro atoms. The molecule has 1 saturated heterocycles. The number of hydrogen-bond donors (Lipinski definition) is 0. The van der Waals surface area contributed by atoms with Crippen molar-refractivity contribution in [3.63, 3.8) is 0 Å². The van der Waals surface area contributed by atoms with Gasteiger partial charge < -0.3 is 0 Å². The average Bonchev–Trinajstić information content (AvgIpc) is 2.89. The molecule has 2 aromatic rings. The number of thiocarbonyl (C=S) groups is 1. The van der Waals surface area contributed by atoms with Gasteiger partial charge in [0, 0.05) is 18.2 Å². The number of nitro benzene ring substituents is 2. The number of anilines is 1. The van der Waals surface area contributed by atoms with E-state index < -0.39 is 15.8 Å². The molecule has 0 radical (unpaired) electrons. The number of nitrogens with zero attached hydrogens (tertiary/aromatic N) is 3. The normalized spacial score (nSPS) is 15.4. The predicted octanol–water partition coefficient (Wildman–Crippen LogP) is 4.22. The van der Waals surface area contributed by atoms with Crippen LogP contribution in [0.3, 0.4) is 0 Å². The lowest BCUT2D eigenvalue weighted by Crippen LogP contribution is -2.28. The number of carbonyl (C=O) groups excluding carboxylic acids is 1. The Morgan fingerprint density at radius 1 is 1.11 bits per heavy atom. The molecule has 8 nitrogen and oxygen atoms in total. The van der Waals surface area contributed by atoms with Gasteiger partial charge in [-0.15, -0.1) is 0 Å². The van der Waals surface area contributed by atoms with Crippen molar-refractivity contribution in [3.8, 4) is 0 Å². The quantitative estimate of drug-likeness (QED) is 0.327. The highest BCUT2D eigenvalue weighted by atomic mass is 32.2. The first-order valence-corrected chi connectivity index (χ1v) is 8.78. The fourth-order valence-corrected chi connectivity index (χ4v) is 3.87. The first kappa shape index (κ1) is 18.7. The highest BCUT2D eigenvalue weighted by Crippen LogP contribution is 2.38. The molecule has 1 aliphatic heterocycles. The Morgan fingerprint density at radius 2 is 1.81 bits per heavy atom. The Labute approximate surface area is 162 Å². The van der Waals surface area contributed by atoms with Gasteiger partial charge in [0.25, 0.3) is 17.3 Å². The van der Waals surface area contributed by atoms with E-state index in [1.165, 1.54) is 35.2 Å². The number of nitro groups is 2. The van der Waals surface area contributed by atoms with Gasteiger partial charge in [-0.05, 0) is 30.7 Å². The second kappa shape index (κ2) is 7.25. The first-order chi connectivity index (χ1) is 12.8. The highest BCUT2D eigenvalue weighted by molar-refractivity contribution is 8.27. The molecule has 2 aromatic carbocycles. The number of aryl methyl sites for hydroxylation is 1. The number of para-hydroxylation sites is 1. The van der Waals surface area contributed by atoms with E-state index in [1.807, 2.05) is 0 Å². The van der Waals surface area contributed by atoms with E-state index in [0.29, 0.717) is 16.8 Å². The van der Waals surface area contributed by atoms with Crippen molar-refractivity contribution in [2.24, 2.45) is 0 Å². The van der Waals surface area contributed by atoms with Crippen LogP contribution in [-0.4, -0.2) is 20.1 Å². The van der Waals surface area contributed by atoms with Crippen LogP contribution in [0.25, 0.3) is 6.08 Å². The zero-order valence-corrected chi connectivity index (χ0v) is 15.5. The lowest BCUT2D eigenvalue weighted by molar-refractivity contribution is -0.385. The Bertz CT molecular complexity index is 1030. The molecule has 3 rings (SSSR count). The van der Waals surface area contributed by atoms with Crippen molar-refractivity contribution < 1.29 is 14.6 Å². The third-order valence-electron chi connectivity index (χ3n) is 3.85. The number of non-ortho nitro benzene ring substituents is 1. The van der Waals surface area contributed by atoms with Crippen LogP contribution in [-0.2, 0) is 4.79 Å². The second-order valence-corrected chi connectivity index (χ2v) is 7.24. The van der Waals surface area contributed by atoms with E-state index in [-0.39, 0.29) is 20.6 Å². The van der Waals surface area contributed by atoms with Crippen LogP contribution in [0.4, 0.5) is 17.1 Å². The molecule has 0 bridgehead atoms. The Hall–Kier alpha value is -3.11. The highest BCUT2D eigenvalue weighted by Gasteiger charge is 2.34.